The van der Waals surface area contributed by atoms with Gasteiger partial charge in [-0.1, -0.05) is 30.3 Å². The van der Waals surface area contributed by atoms with Crippen molar-refractivity contribution < 1.29 is 9.53 Å². The van der Waals surface area contributed by atoms with Gasteiger partial charge in [0.15, 0.2) is 0 Å². The molecular formula is C18H12O2S. The van der Waals surface area contributed by atoms with Gasteiger partial charge in [0, 0.05) is 15.8 Å². The molecule has 102 valence electrons. The van der Waals surface area contributed by atoms with E-state index in [1.165, 1.54) is 11.8 Å². The lowest BCUT2D eigenvalue weighted by atomic mass is 9.96. The van der Waals surface area contributed by atoms with Gasteiger partial charge in [-0.25, -0.2) is 0 Å². The van der Waals surface area contributed by atoms with Gasteiger partial charge in [-0.05, 0) is 52.5 Å². The Morgan fingerprint density at radius 1 is 0.905 bits per heavy atom. The second-order valence-electron chi connectivity index (χ2n) is 4.96. The molecule has 1 aliphatic rings. The lowest BCUT2D eigenvalue weighted by Gasteiger charge is -2.09. The van der Waals surface area contributed by atoms with Crippen molar-refractivity contribution >= 4 is 27.6 Å². The molecule has 0 atom stereocenters. The summed E-state index contributed by atoms with van der Waals surface area (Å²) < 4.78 is 5.21. The van der Waals surface area contributed by atoms with Gasteiger partial charge < -0.3 is 4.74 Å². The largest absolute Gasteiger partial charge is 0.497 e. The van der Waals surface area contributed by atoms with Crippen LogP contribution in [0.25, 0.3) is 21.9 Å². The summed E-state index contributed by atoms with van der Waals surface area (Å²) in [6.07, 6.45) is 0. The number of hydrogen-bond donors (Lipinski definition) is 0. The van der Waals surface area contributed by atoms with Crippen molar-refractivity contribution in [2.75, 3.05) is 7.11 Å². The summed E-state index contributed by atoms with van der Waals surface area (Å²) in [5, 5.41) is 2.36. The molecule has 0 fully saturated rings. The van der Waals surface area contributed by atoms with Gasteiger partial charge in [-0.3, -0.25) is 4.79 Å². The molecular weight excluding hydrogens is 280 g/mol. The van der Waals surface area contributed by atoms with Gasteiger partial charge >= 0.3 is 0 Å². The van der Waals surface area contributed by atoms with Crippen LogP contribution in [-0.2, 0) is 0 Å². The van der Waals surface area contributed by atoms with E-state index in [-0.39, 0.29) is 5.12 Å². The third-order valence-corrected chi connectivity index (χ3v) is 4.79. The third kappa shape index (κ3) is 1.85. The molecule has 1 heterocycles. The number of carbonyl (C=O) groups excluding carboxylic acids is 1. The van der Waals surface area contributed by atoms with Crippen LogP contribution in [0.3, 0.4) is 0 Å². The molecule has 1 aliphatic heterocycles. The fraction of sp³-hybridized carbons (Fsp3) is 0.0556. The first kappa shape index (κ1) is 12.5. The van der Waals surface area contributed by atoms with E-state index in [2.05, 4.69) is 12.1 Å². The van der Waals surface area contributed by atoms with Gasteiger partial charge in [-0.15, -0.1) is 0 Å². The van der Waals surface area contributed by atoms with Crippen LogP contribution in [0.15, 0.2) is 59.5 Å². The van der Waals surface area contributed by atoms with Crippen LogP contribution >= 0.6 is 11.8 Å². The van der Waals surface area contributed by atoms with Crippen LogP contribution in [-0.4, -0.2) is 12.2 Å². The highest BCUT2D eigenvalue weighted by Crippen LogP contribution is 2.43. The second-order valence-corrected chi connectivity index (χ2v) is 5.97. The molecule has 0 aliphatic carbocycles. The van der Waals surface area contributed by atoms with Crippen LogP contribution in [0.4, 0.5) is 0 Å². The van der Waals surface area contributed by atoms with E-state index in [0.717, 1.165) is 38.1 Å². The highest BCUT2D eigenvalue weighted by Gasteiger charge is 2.23. The van der Waals surface area contributed by atoms with Gasteiger partial charge in [0.2, 0.25) is 5.12 Å². The highest BCUT2D eigenvalue weighted by atomic mass is 32.2. The molecule has 3 aromatic carbocycles. The summed E-state index contributed by atoms with van der Waals surface area (Å²) in [6.45, 7) is 0. The quantitative estimate of drug-likeness (QED) is 0.681. The standard InChI is InChI=1S/C18H12O2S/c1-20-12-7-5-11(6-8-12)13-9-10-16-17-14(13)3-2-4-15(17)18(19)21-16/h2-10H,1H3. The Hall–Kier alpha value is -2.26. The third-order valence-electron chi connectivity index (χ3n) is 3.83. The van der Waals surface area contributed by atoms with E-state index < -0.39 is 0 Å². The maximum Gasteiger partial charge on any atom is 0.224 e. The number of rotatable bonds is 2. The zero-order chi connectivity index (χ0) is 14.4. The molecule has 4 rings (SSSR count). The fourth-order valence-electron chi connectivity index (χ4n) is 2.81. The molecule has 0 saturated heterocycles. The van der Waals surface area contributed by atoms with Gasteiger partial charge in [0.05, 0.1) is 7.11 Å². The molecule has 0 aromatic heterocycles. The van der Waals surface area contributed by atoms with Crippen molar-refractivity contribution in [1.82, 2.24) is 0 Å². The molecule has 0 N–H and O–H groups in total. The van der Waals surface area contributed by atoms with Gasteiger partial charge in [-0.2, -0.15) is 0 Å². The molecule has 3 heteroatoms. The molecule has 0 saturated carbocycles. The van der Waals surface area contributed by atoms with E-state index in [9.17, 15) is 4.79 Å². The maximum absolute atomic E-state index is 12.0. The van der Waals surface area contributed by atoms with Gasteiger partial charge in [0.25, 0.3) is 0 Å². The highest BCUT2D eigenvalue weighted by molar-refractivity contribution is 8.14. The summed E-state index contributed by atoms with van der Waals surface area (Å²) in [6, 6.07) is 18.1. The molecule has 0 amide bonds. The predicted octanol–water partition coefficient (Wildman–Crippen LogP) is 4.76. The number of ether oxygens (including phenoxy) is 1. The molecule has 0 unspecified atom stereocenters. The SMILES string of the molecule is COc1ccc(-c2ccc3c4c(cccc24)C(=O)S3)cc1. The van der Waals surface area contributed by atoms with Crippen molar-refractivity contribution in [1.29, 1.82) is 0 Å². The number of thioether (sulfide) groups is 1. The first-order valence-electron chi connectivity index (χ1n) is 6.70. The monoisotopic (exact) mass is 292 g/mol. The molecule has 0 radical (unpaired) electrons. The minimum Gasteiger partial charge on any atom is -0.497 e. The minimum absolute atomic E-state index is 0.141. The Bertz CT molecular complexity index is 866. The summed E-state index contributed by atoms with van der Waals surface area (Å²) in [5.74, 6) is 0.843. The summed E-state index contributed by atoms with van der Waals surface area (Å²) in [5.41, 5.74) is 3.10. The fourth-order valence-corrected chi connectivity index (χ4v) is 3.74. The predicted molar refractivity (Wildman–Crippen MR) is 86.1 cm³/mol. The summed E-state index contributed by atoms with van der Waals surface area (Å²) in [4.78, 5) is 13.1. The first-order valence-corrected chi connectivity index (χ1v) is 7.52. The number of methoxy groups -OCH3 is 1. The van der Waals surface area contributed by atoms with E-state index >= 15 is 0 Å². The summed E-state index contributed by atoms with van der Waals surface area (Å²) >= 11 is 1.32. The van der Waals surface area contributed by atoms with Crippen LogP contribution in [0.2, 0.25) is 0 Å². The lowest BCUT2D eigenvalue weighted by Crippen LogP contribution is -1.87. The van der Waals surface area contributed by atoms with E-state index in [0.29, 0.717) is 0 Å². The lowest BCUT2D eigenvalue weighted by molar-refractivity contribution is 0.109. The topological polar surface area (TPSA) is 26.3 Å². The van der Waals surface area contributed by atoms with Crippen molar-refractivity contribution in [2.24, 2.45) is 0 Å². The van der Waals surface area contributed by atoms with E-state index in [1.54, 1.807) is 7.11 Å². The molecule has 21 heavy (non-hydrogen) atoms. The van der Waals surface area contributed by atoms with Crippen LogP contribution in [0.1, 0.15) is 10.4 Å². The zero-order valence-electron chi connectivity index (χ0n) is 11.4. The average molecular weight is 292 g/mol. The van der Waals surface area contributed by atoms with Crippen LogP contribution in [0.5, 0.6) is 5.75 Å². The van der Waals surface area contributed by atoms with Crippen molar-refractivity contribution in [3.63, 3.8) is 0 Å². The van der Waals surface area contributed by atoms with Crippen LogP contribution < -0.4 is 4.74 Å². The normalized spacial score (nSPS) is 12.9. The maximum atomic E-state index is 12.0. The molecule has 2 nitrogen and oxygen atoms in total. The smallest absolute Gasteiger partial charge is 0.224 e. The zero-order valence-corrected chi connectivity index (χ0v) is 12.2. The average Bonchev–Trinajstić information content (AvgIpc) is 2.86. The first-order chi connectivity index (χ1) is 10.3. The van der Waals surface area contributed by atoms with E-state index in [4.69, 9.17) is 4.74 Å². The molecule has 0 spiro atoms. The number of carbonyl (C=O) groups is 1. The molecule has 0 bridgehead atoms. The number of benzene rings is 3. The summed E-state index contributed by atoms with van der Waals surface area (Å²) in [7, 11) is 1.66. The van der Waals surface area contributed by atoms with Crippen LogP contribution in [0, 0.1) is 0 Å². The molecule has 3 aromatic rings. The Morgan fingerprint density at radius 2 is 1.71 bits per heavy atom. The number of hydrogen-bond acceptors (Lipinski definition) is 3. The second kappa shape index (κ2) is 4.64. The Morgan fingerprint density at radius 3 is 2.48 bits per heavy atom. The Kier molecular flexibility index (Phi) is 2.76. The van der Waals surface area contributed by atoms with Crippen molar-refractivity contribution in [3.05, 3.63) is 60.2 Å². The Balaban J connectivity index is 1.98. The Labute approximate surface area is 126 Å². The minimum atomic E-state index is 0.141. The van der Waals surface area contributed by atoms with E-state index in [1.807, 2.05) is 42.5 Å². The van der Waals surface area contributed by atoms with Crippen molar-refractivity contribution in [3.8, 4) is 16.9 Å². The van der Waals surface area contributed by atoms with Gasteiger partial charge in [0.1, 0.15) is 5.75 Å². The van der Waals surface area contributed by atoms with Crippen molar-refractivity contribution in [2.45, 2.75) is 4.90 Å².